The van der Waals surface area contributed by atoms with Crippen LogP contribution in [0.25, 0.3) is 0 Å². The molecule has 0 aromatic carbocycles. The molecule has 0 bridgehead atoms. The SMILES string of the molecule is CC(C)C(N)C1CCC2C(C1)CC1C3CCC4C(C)C(OC(=O)NC5CNC5)CCC45CC35CCC21C. The monoisotopic (exact) mass is 511 g/mol. The van der Waals surface area contributed by atoms with E-state index < -0.39 is 0 Å². The first kappa shape index (κ1) is 25.2. The summed E-state index contributed by atoms with van der Waals surface area (Å²) < 4.78 is 6.06. The summed E-state index contributed by atoms with van der Waals surface area (Å²) in [5, 5.41) is 6.28. The van der Waals surface area contributed by atoms with Crippen molar-refractivity contribution in [1.29, 1.82) is 0 Å². The van der Waals surface area contributed by atoms with E-state index in [-0.39, 0.29) is 18.2 Å². The van der Waals surface area contributed by atoms with Gasteiger partial charge in [0.05, 0.1) is 6.04 Å². The Morgan fingerprint density at radius 2 is 1.68 bits per heavy atom. The summed E-state index contributed by atoms with van der Waals surface area (Å²) in [7, 11) is 0. The standard InChI is InChI=1S/C32H53N3O2/c1-18(2)28(33)20-5-6-24-21(13-20)14-26-25-8-7-23-19(3)27(37-29(36)35-22-15-34-16-22)9-10-31(23)17-32(25,31)12-11-30(24,26)4/h18-28,34H,5-17,33H2,1-4H3,(H,35,36). The van der Waals surface area contributed by atoms with Gasteiger partial charge in [-0.05, 0) is 134 Å². The molecule has 2 spiro atoms. The third-order valence-corrected chi connectivity index (χ3v) is 14.3. The first-order valence-electron chi connectivity index (χ1n) is 16.1. The number of alkyl carbamates (subject to hydrolysis) is 1. The molecule has 0 aromatic rings. The average Bonchev–Trinajstić information content (AvgIpc) is 3.42. The van der Waals surface area contributed by atoms with Gasteiger partial charge < -0.3 is 21.1 Å². The zero-order chi connectivity index (χ0) is 25.7. The van der Waals surface area contributed by atoms with Crippen molar-refractivity contribution in [3.63, 3.8) is 0 Å². The lowest BCUT2D eigenvalue weighted by molar-refractivity contribution is -0.101. The molecule has 5 heteroatoms. The predicted octanol–water partition coefficient (Wildman–Crippen LogP) is 5.72. The zero-order valence-corrected chi connectivity index (χ0v) is 23.9. The van der Waals surface area contributed by atoms with Crippen molar-refractivity contribution in [1.82, 2.24) is 10.6 Å². The van der Waals surface area contributed by atoms with Crippen LogP contribution in [0.2, 0.25) is 0 Å². The Hall–Kier alpha value is -0.810. The molecule has 37 heavy (non-hydrogen) atoms. The van der Waals surface area contributed by atoms with Gasteiger partial charge in [0, 0.05) is 19.1 Å². The van der Waals surface area contributed by atoms with Gasteiger partial charge in [0.25, 0.3) is 0 Å². The quantitative estimate of drug-likeness (QED) is 0.451. The highest BCUT2D eigenvalue weighted by Gasteiger charge is 2.79. The maximum Gasteiger partial charge on any atom is 0.407 e. The molecule has 6 aliphatic carbocycles. The van der Waals surface area contributed by atoms with Crippen molar-refractivity contribution in [2.24, 2.45) is 69.3 Å². The Morgan fingerprint density at radius 1 is 0.946 bits per heavy atom. The molecule has 4 N–H and O–H groups in total. The summed E-state index contributed by atoms with van der Waals surface area (Å²) in [4.78, 5) is 12.6. The van der Waals surface area contributed by atoms with Gasteiger partial charge in [0.2, 0.25) is 0 Å². The predicted molar refractivity (Wildman–Crippen MR) is 147 cm³/mol. The Bertz CT molecular complexity index is 920. The maximum absolute atomic E-state index is 12.6. The molecule has 1 saturated heterocycles. The fraction of sp³-hybridized carbons (Fsp3) is 0.969. The molecule has 1 amide bonds. The van der Waals surface area contributed by atoms with E-state index >= 15 is 0 Å². The summed E-state index contributed by atoms with van der Waals surface area (Å²) >= 11 is 0. The van der Waals surface area contributed by atoms with Crippen LogP contribution in [0.1, 0.15) is 98.3 Å². The minimum absolute atomic E-state index is 0.100. The van der Waals surface area contributed by atoms with Crippen LogP contribution >= 0.6 is 0 Å². The first-order valence-corrected chi connectivity index (χ1v) is 16.1. The Labute approximate surface area is 225 Å². The molecule has 1 heterocycles. The van der Waals surface area contributed by atoms with Crippen LogP contribution in [0.4, 0.5) is 4.79 Å². The maximum atomic E-state index is 12.6. The Kier molecular flexibility index (Phi) is 5.85. The van der Waals surface area contributed by atoms with Crippen molar-refractivity contribution in [3.8, 4) is 0 Å². The smallest absolute Gasteiger partial charge is 0.407 e. The van der Waals surface area contributed by atoms with E-state index in [1.807, 2.05) is 0 Å². The number of nitrogens with two attached hydrogens (primary N) is 1. The first-order chi connectivity index (χ1) is 17.7. The van der Waals surface area contributed by atoms with Gasteiger partial charge in [-0.2, -0.15) is 0 Å². The van der Waals surface area contributed by atoms with E-state index in [1.54, 1.807) is 0 Å². The second-order valence-electron chi connectivity index (χ2n) is 15.7. The van der Waals surface area contributed by atoms with Gasteiger partial charge in [-0.25, -0.2) is 4.79 Å². The number of carbonyl (C=O) groups excluding carboxylic acids is 1. The summed E-state index contributed by atoms with van der Waals surface area (Å²) in [6.07, 6.45) is 15.2. The van der Waals surface area contributed by atoms with E-state index in [4.69, 9.17) is 10.5 Å². The number of amides is 1. The van der Waals surface area contributed by atoms with Crippen molar-refractivity contribution >= 4 is 6.09 Å². The summed E-state index contributed by atoms with van der Waals surface area (Å²) in [6, 6.07) is 0.638. The van der Waals surface area contributed by atoms with Gasteiger partial charge in [0.1, 0.15) is 6.10 Å². The van der Waals surface area contributed by atoms with Crippen molar-refractivity contribution in [2.75, 3.05) is 13.1 Å². The highest BCUT2D eigenvalue weighted by molar-refractivity contribution is 5.68. The molecule has 12 atom stereocenters. The zero-order valence-electron chi connectivity index (χ0n) is 23.9. The molecule has 7 fully saturated rings. The molecule has 208 valence electrons. The third kappa shape index (κ3) is 3.50. The lowest BCUT2D eigenvalue weighted by atomic mass is 9.48. The number of hydrogen-bond donors (Lipinski definition) is 3. The molecule has 0 aromatic heterocycles. The lowest BCUT2D eigenvalue weighted by Crippen LogP contribution is -2.57. The van der Waals surface area contributed by atoms with E-state index in [0.29, 0.717) is 34.1 Å². The number of nitrogens with one attached hydrogen (secondary N) is 2. The van der Waals surface area contributed by atoms with Crippen LogP contribution in [0.15, 0.2) is 0 Å². The second kappa shape index (κ2) is 8.59. The molecule has 7 aliphatic rings. The molecule has 6 saturated carbocycles. The molecular weight excluding hydrogens is 458 g/mol. The number of rotatable bonds is 4. The normalized spacial score (nSPS) is 53.0. The van der Waals surface area contributed by atoms with Crippen LogP contribution in [-0.2, 0) is 4.74 Å². The average molecular weight is 512 g/mol. The molecular formula is C32H53N3O2. The van der Waals surface area contributed by atoms with E-state index in [9.17, 15) is 4.79 Å². The van der Waals surface area contributed by atoms with Gasteiger partial charge in [-0.3, -0.25) is 0 Å². The van der Waals surface area contributed by atoms with Crippen LogP contribution in [0, 0.1) is 63.6 Å². The number of ether oxygens (including phenoxy) is 1. The minimum atomic E-state index is -0.184. The summed E-state index contributed by atoms with van der Waals surface area (Å²) in [5.41, 5.74) is 8.45. The Morgan fingerprint density at radius 3 is 2.41 bits per heavy atom. The van der Waals surface area contributed by atoms with E-state index in [2.05, 4.69) is 38.3 Å². The fourth-order valence-electron chi connectivity index (χ4n) is 12.3. The highest BCUT2D eigenvalue weighted by atomic mass is 16.6. The Balaban J connectivity index is 1.05. The number of hydrogen-bond acceptors (Lipinski definition) is 4. The minimum Gasteiger partial charge on any atom is -0.446 e. The fourth-order valence-corrected chi connectivity index (χ4v) is 12.3. The van der Waals surface area contributed by atoms with Gasteiger partial charge >= 0.3 is 6.09 Å². The molecule has 0 radical (unpaired) electrons. The van der Waals surface area contributed by atoms with Crippen LogP contribution in [0.5, 0.6) is 0 Å². The topological polar surface area (TPSA) is 76.4 Å². The van der Waals surface area contributed by atoms with Crippen molar-refractivity contribution in [3.05, 3.63) is 0 Å². The van der Waals surface area contributed by atoms with Gasteiger partial charge in [-0.1, -0.05) is 27.7 Å². The van der Waals surface area contributed by atoms with Crippen LogP contribution < -0.4 is 16.4 Å². The third-order valence-electron chi connectivity index (χ3n) is 14.3. The van der Waals surface area contributed by atoms with Crippen LogP contribution in [0.3, 0.4) is 0 Å². The highest BCUT2D eigenvalue weighted by Crippen LogP contribution is 2.86. The van der Waals surface area contributed by atoms with Crippen molar-refractivity contribution < 1.29 is 9.53 Å². The van der Waals surface area contributed by atoms with E-state index in [0.717, 1.165) is 55.0 Å². The van der Waals surface area contributed by atoms with Crippen LogP contribution in [-0.4, -0.2) is 37.4 Å². The van der Waals surface area contributed by atoms with E-state index in [1.165, 1.54) is 64.2 Å². The molecule has 5 nitrogen and oxygen atoms in total. The molecule has 7 rings (SSSR count). The number of fused-ring (bicyclic) bond motifs is 4. The van der Waals surface area contributed by atoms with Gasteiger partial charge in [0.15, 0.2) is 0 Å². The van der Waals surface area contributed by atoms with Crippen molar-refractivity contribution in [2.45, 2.75) is 117 Å². The summed E-state index contributed by atoms with van der Waals surface area (Å²) in [5.74, 6) is 6.36. The second-order valence-corrected chi connectivity index (χ2v) is 15.7. The van der Waals surface area contributed by atoms with Gasteiger partial charge in [-0.15, -0.1) is 0 Å². The summed E-state index contributed by atoms with van der Waals surface area (Å²) in [6.45, 7) is 11.5. The molecule has 1 aliphatic heterocycles. The molecule has 12 unspecified atom stereocenters. The number of carbonyl (C=O) groups is 1. The lowest BCUT2D eigenvalue weighted by Gasteiger charge is -2.57. The largest absolute Gasteiger partial charge is 0.446 e.